The van der Waals surface area contributed by atoms with E-state index in [9.17, 15) is 96.7 Å². The first-order chi connectivity index (χ1) is 62.7. The number of para-hydroxylation sites is 1. The highest BCUT2D eigenvalue weighted by atomic mass is 31.2. The molecule has 1 aromatic carbocycles. The van der Waals surface area contributed by atoms with E-state index in [1.54, 1.807) is 24.3 Å². The van der Waals surface area contributed by atoms with Crippen molar-refractivity contribution in [2.24, 2.45) is 4.99 Å². The maximum Gasteiger partial charge on any atom is 0.472 e. The molecule has 21 rings (SSSR count). The number of nitrogens with two attached hydrogens (primary N) is 4. The molecule has 67 heteroatoms. The lowest BCUT2D eigenvalue weighted by Gasteiger charge is -2.25. The summed E-state index contributed by atoms with van der Waals surface area (Å²) >= 11 is 0. The van der Waals surface area contributed by atoms with Crippen LogP contribution in [0.5, 0.6) is 0 Å². The van der Waals surface area contributed by atoms with Crippen molar-refractivity contribution >= 4 is 131 Å². The second-order valence-electron chi connectivity index (χ2n) is 30.7. The number of pyridine rings is 2. The molecule has 6 unspecified atom stereocenters. The highest BCUT2D eigenvalue weighted by Gasteiger charge is 2.59. The molecule has 29 atom stereocenters. The van der Waals surface area contributed by atoms with Gasteiger partial charge in [0.15, 0.2) is 70.3 Å². The van der Waals surface area contributed by atoms with Crippen molar-refractivity contribution in [3.05, 3.63) is 129 Å². The molecule has 0 amide bonds. The Morgan fingerprint density at radius 2 is 0.795 bits per heavy atom. The molecule has 61 nitrogen and oxygen atoms in total. The van der Waals surface area contributed by atoms with Crippen LogP contribution in [0.1, 0.15) is 48.8 Å². The summed E-state index contributed by atoms with van der Waals surface area (Å²) in [6.07, 6.45) is -22.6. The van der Waals surface area contributed by atoms with Crippen LogP contribution in [-0.4, -0.2) is 298 Å². The van der Waals surface area contributed by atoms with Crippen molar-refractivity contribution in [1.29, 1.82) is 0 Å². The SMILES string of the molecule is Nc1cccc2c1ncn2[C@@H]1O[C@@H]2COP(=O)(O)O[C@@H]3[C@H](O)[C@@H](COP(=O)(O)O[C@H]2[C@H]1O)O[C@H]3n1cnc2c(=O)[nH]cnc21.Nc1ccnc2c1ncn2[C@@H]1O[C@@H]2COP(=O)(O)O[C@@H]3C[C@@H](COP(=O)(O)O[C@H]2[C@H]1O)O[C@H]3n1cnc2c(=O)[nH]cnc21.Nc1nc2c(ncn2[C@@H]2O[C@@H]3COP(=O)(O)O[C@H]4[C@@H](O)[C@H](C5=NCc6c(N)ccnc65)O[C@@H]4COP(=O)(O)O[C@@H]2[C@@H]3O)c(=O)[nH]1. The highest BCUT2D eigenvalue weighted by Crippen LogP contribution is 2.59. The molecular formula is C65H75N23O38P6. The number of fused-ring (bicyclic) bond motifs is 15. The number of rotatable bonds is 6. The molecular weight excluding hydrogens is 1900 g/mol. The van der Waals surface area contributed by atoms with Gasteiger partial charge in [-0.05, 0) is 24.3 Å². The number of aliphatic hydroxyl groups is 5. The zero-order valence-corrected chi connectivity index (χ0v) is 72.0. The molecule has 10 aliphatic heterocycles. The van der Waals surface area contributed by atoms with Gasteiger partial charge in [0.2, 0.25) is 5.95 Å². The predicted molar refractivity (Wildman–Crippen MR) is 431 cm³/mol. The quantitative estimate of drug-likeness (QED) is 0.0586. The summed E-state index contributed by atoms with van der Waals surface area (Å²) in [4.78, 5) is 153. The van der Waals surface area contributed by atoms with Gasteiger partial charge in [0.05, 0.1) is 125 Å². The summed E-state index contributed by atoms with van der Waals surface area (Å²) in [5.74, 6) is -0.278. The molecule has 9 fully saturated rings. The number of H-pyrrole nitrogens is 3. The van der Waals surface area contributed by atoms with Crippen LogP contribution in [0, 0.1) is 0 Å². The van der Waals surface area contributed by atoms with Gasteiger partial charge in [-0.2, -0.15) is 4.98 Å². The molecule has 6 bridgehead atoms. The first kappa shape index (κ1) is 91.7. The van der Waals surface area contributed by atoms with Gasteiger partial charge in [-0.3, -0.25) is 102 Å². The lowest BCUT2D eigenvalue weighted by Crippen LogP contribution is -2.39. The number of nitrogens with one attached hydrogen (secondary N) is 3. The number of hydrogen-bond donors (Lipinski definition) is 18. The van der Waals surface area contributed by atoms with E-state index >= 15 is 0 Å². The third-order valence-corrected chi connectivity index (χ3v) is 28.3. The third-order valence-electron chi connectivity index (χ3n) is 22.4. The van der Waals surface area contributed by atoms with Gasteiger partial charge >= 0.3 is 46.9 Å². The predicted octanol–water partition coefficient (Wildman–Crippen LogP) is -2.92. The molecule has 22 N–H and O–H groups in total. The van der Waals surface area contributed by atoms with Gasteiger partial charge in [0.1, 0.15) is 115 Å². The summed E-state index contributed by atoms with van der Waals surface area (Å²) in [7, 11) is -30.0. The number of ether oxygens (including phenoxy) is 6. The number of aromatic nitrogens is 18. The van der Waals surface area contributed by atoms with Gasteiger partial charge in [0.25, 0.3) is 16.7 Å². The fourth-order valence-corrected chi connectivity index (χ4v) is 22.1. The average molecular weight is 1970 g/mol. The summed E-state index contributed by atoms with van der Waals surface area (Å²) in [6, 6.07) is 8.04. The van der Waals surface area contributed by atoms with Gasteiger partial charge in [-0.25, -0.2) is 67.3 Å². The molecule has 0 radical (unpaired) electrons. The van der Waals surface area contributed by atoms with E-state index < -0.39 is 244 Å². The number of nitrogen functional groups attached to an aromatic ring is 4. The number of aliphatic hydroxyl groups excluding tert-OH is 5. The zero-order chi connectivity index (χ0) is 92.9. The Balaban J connectivity index is 0.000000128. The topological polar surface area (TPSA) is 860 Å². The molecule has 20 heterocycles. The number of aromatic amines is 3. The van der Waals surface area contributed by atoms with Gasteiger partial charge in [-0.15, -0.1) is 0 Å². The number of anilines is 4. The van der Waals surface area contributed by atoms with E-state index in [0.717, 1.165) is 29.9 Å². The van der Waals surface area contributed by atoms with Crippen molar-refractivity contribution < 1.29 is 165 Å². The summed E-state index contributed by atoms with van der Waals surface area (Å²) < 4.78 is 183. The molecule has 0 saturated carbocycles. The molecule has 9 saturated heterocycles. The lowest BCUT2D eigenvalue weighted by molar-refractivity contribution is -0.0672. The Hall–Kier alpha value is -9.40. The third kappa shape index (κ3) is 17.7. The monoisotopic (exact) mass is 1970 g/mol. The standard InChI is InChI=1S/C22H26N8O13P2.C22H25N7O13P2.C21H24N8O12P2/c23-8-1-2-25-11-7(8)3-26-12(11)17-15(32)16-10(40-17)5-39-45(36,37)43-18-14(31)9(4-38-44(34,35)42-16)41-21(18)30-6-27-13-19(30)28-22(24)29-20(13)33;23-9-2-1-3-10-13(9)26-7-28(10)21-16(31)17-12(40-21)5-38-44(35,36)42-18-15(30)11(4-37-43(33,34)41-17)39-22(18)29-8-27-14-19(29)24-6-25-20(14)32;22-10-1-2-23-17-13(10)26-7-29(17)21-15(30)16-12(39-21)5-37-42(32,33)40-11-3-9(4-36-43(34,35)41-16)38-20(11)28-8-27-14-18(28)24-6-25-19(14)31/h1-2,6,9-10,14-18,21,31-32H,3-5H2,(H2,23,25)(H,34,35)(H,36,37)(H3,24,28,29,33);1-3,6-8,11-12,15-18,21-22,30-31H,4-5,23H2,(H,33,34)(H,35,36)(H,24,25,32);1-2,6-9,11-12,15-16,20-21,30H,3-5H2,(H2,22,23)(H,32,33)(H,34,35)(H,24,25,31)/t9-,10-,14-,15-,16-,17+,18-,21-;11-,12-,15-,16-,17-,18-,21-,22-;9-,11+,12+,15+,16+,20+,21+/m110/s1. The molecule has 10 aromatic heterocycles. The summed E-state index contributed by atoms with van der Waals surface area (Å²) in [6.45, 7) is -4.27. The van der Waals surface area contributed by atoms with Crippen LogP contribution < -0.4 is 39.6 Å². The van der Waals surface area contributed by atoms with Crippen molar-refractivity contribution in [1.82, 2.24) is 87.6 Å². The average Bonchev–Trinajstić information content (AvgIpc) is 1.61. The van der Waals surface area contributed by atoms with Crippen LogP contribution in [0.2, 0.25) is 0 Å². The maximum atomic E-state index is 13.2. The number of hydrogen-bond acceptors (Lipinski definition) is 47. The Bertz CT molecular complexity index is 6840. The number of phosphoric acid groups is 6. The van der Waals surface area contributed by atoms with Crippen LogP contribution in [0.3, 0.4) is 0 Å². The Morgan fingerprint density at radius 1 is 0.379 bits per heavy atom. The minimum Gasteiger partial charge on any atom is -0.398 e. The van der Waals surface area contributed by atoms with E-state index in [1.165, 1.54) is 55.7 Å². The fraction of sp³-hybridized carbons (Fsp3) is 0.477. The minimum atomic E-state index is -5.10. The molecule has 11 aromatic rings. The van der Waals surface area contributed by atoms with E-state index in [1.807, 2.05) is 0 Å². The summed E-state index contributed by atoms with van der Waals surface area (Å²) in [5, 5.41) is 55.4. The van der Waals surface area contributed by atoms with Gasteiger partial charge in [0, 0.05) is 30.1 Å². The Kier molecular flexibility index (Phi) is 24.4. The van der Waals surface area contributed by atoms with E-state index in [4.69, 9.17) is 106 Å². The van der Waals surface area contributed by atoms with Crippen LogP contribution in [0.4, 0.5) is 23.0 Å². The number of aliphatic imine (C=N–C) groups is 1. The highest BCUT2D eigenvalue weighted by molar-refractivity contribution is 7.48. The zero-order valence-electron chi connectivity index (χ0n) is 66.6. The number of phosphoric ester groups is 6. The van der Waals surface area contributed by atoms with Crippen LogP contribution in [0.15, 0.2) is 106 Å². The van der Waals surface area contributed by atoms with Gasteiger partial charge in [-0.1, -0.05) is 6.07 Å². The Morgan fingerprint density at radius 3 is 1.36 bits per heavy atom. The second kappa shape index (κ2) is 35.1. The minimum absolute atomic E-state index is 0.0110. The second-order valence-corrected chi connectivity index (χ2v) is 39.1. The molecule has 10 aliphatic rings. The van der Waals surface area contributed by atoms with Gasteiger partial charge < -0.3 is 121 Å². The molecule has 0 spiro atoms. The lowest BCUT2D eigenvalue weighted by atomic mass is 10.0. The molecule has 708 valence electrons. The normalized spacial score (nSPS) is 38.0. The number of nitrogens with zero attached hydrogens (tertiary/aromatic N) is 16. The van der Waals surface area contributed by atoms with Crippen LogP contribution in [0.25, 0.3) is 55.7 Å². The first-order valence-corrected chi connectivity index (χ1v) is 48.1. The fourth-order valence-electron chi connectivity index (χ4n) is 16.4. The largest absolute Gasteiger partial charge is 0.472 e. The van der Waals surface area contributed by atoms with Crippen molar-refractivity contribution in [3.63, 3.8) is 0 Å². The van der Waals surface area contributed by atoms with E-state index in [0.29, 0.717) is 44.9 Å². The summed E-state index contributed by atoms with van der Waals surface area (Å²) in [5.41, 5.74) is 25.1. The van der Waals surface area contributed by atoms with E-state index in [2.05, 4.69) is 69.8 Å². The molecule has 0 aliphatic carbocycles. The van der Waals surface area contributed by atoms with Crippen LogP contribution >= 0.6 is 46.9 Å². The smallest absolute Gasteiger partial charge is 0.398 e. The number of imidazole rings is 5. The molecule has 132 heavy (non-hydrogen) atoms. The van der Waals surface area contributed by atoms with Crippen LogP contribution in [-0.2, 0) is 117 Å². The first-order valence-electron chi connectivity index (χ1n) is 39.1. The maximum absolute atomic E-state index is 13.2. The Labute approximate surface area is 732 Å². The van der Waals surface area contributed by atoms with Crippen molar-refractivity contribution in [2.75, 3.05) is 62.6 Å². The van der Waals surface area contributed by atoms with Crippen molar-refractivity contribution in [2.45, 2.75) is 154 Å². The van der Waals surface area contributed by atoms with Crippen molar-refractivity contribution in [3.8, 4) is 0 Å². The van der Waals surface area contributed by atoms with E-state index in [-0.39, 0.29) is 63.8 Å². The number of benzene rings is 1.